The fourth-order valence-electron chi connectivity index (χ4n) is 4.58. The minimum atomic E-state index is 1.10. The van der Waals surface area contributed by atoms with Gasteiger partial charge < -0.3 is 0 Å². The van der Waals surface area contributed by atoms with Gasteiger partial charge in [-0.15, -0.1) is 0 Å². The quantitative estimate of drug-likeness (QED) is 0.240. The van der Waals surface area contributed by atoms with Crippen molar-refractivity contribution in [3.63, 3.8) is 0 Å². The normalized spacial score (nSPS) is 11.6. The molecule has 0 spiro atoms. The third-order valence-electron chi connectivity index (χ3n) is 5.89. The van der Waals surface area contributed by atoms with Crippen molar-refractivity contribution in [2.45, 2.75) is 0 Å². The second-order valence-corrected chi connectivity index (χ2v) is 8.44. The first kappa shape index (κ1) is 16.8. The third kappa shape index (κ3) is 2.58. The van der Waals surface area contributed by atoms with E-state index in [1.165, 1.54) is 54.6 Å². The molecule has 0 aromatic heterocycles. The van der Waals surface area contributed by atoms with Crippen LogP contribution in [0.25, 0.3) is 54.6 Å². The highest BCUT2D eigenvalue weighted by atomic mass is 79.9. The molecular weight excluding hydrogens is 416 g/mol. The van der Waals surface area contributed by atoms with Crippen LogP contribution in [-0.4, -0.2) is 0 Å². The van der Waals surface area contributed by atoms with Gasteiger partial charge in [0.2, 0.25) is 0 Å². The Hall–Kier alpha value is -3.16. The van der Waals surface area contributed by atoms with Crippen LogP contribution in [0.15, 0.2) is 108 Å². The van der Waals surface area contributed by atoms with Crippen molar-refractivity contribution < 1.29 is 0 Å². The fourth-order valence-corrected chi connectivity index (χ4v) is 4.98. The van der Waals surface area contributed by atoms with E-state index in [-0.39, 0.29) is 0 Å². The summed E-state index contributed by atoms with van der Waals surface area (Å²) in [6, 6.07) is 37.4. The summed E-state index contributed by atoms with van der Waals surface area (Å²) in [6.45, 7) is 0. The fraction of sp³-hybridized carbons (Fsp3) is 0. The molecule has 0 fully saturated rings. The van der Waals surface area contributed by atoms with Crippen molar-refractivity contribution in [3.8, 4) is 22.3 Å². The standard InChI is InChI=1S/C28H17Br/c29-22-8-4-7-21(17-22)24-14-10-20-11-15-25-23(18-5-2-1-3-6-18)13-9-19-12-16-26(24)28(20)27(19)25/h1-17H. The van der Waals surface area contributed by atoms with Crippen molar-refractivity contribution in [1.29, 1.82) is 0 Å². The Bertz CT molecular complexity index is 1500. The summed E-state index contributed by atoms with van der Waals surface area (Å²) in [7, 11) is 0. The second-order valence-electron chi connectivity index (χ2n) is 7.53. The average Bonchev–Trinajstić information content (AvgIpc) is 2.78. The summed E-state index contributed by atoms with van der Waals surface area (Å²) >= 11 is 3.62. The highest BCUT2D eigenvalue weighted by Gasteiger charge is 2.14. The number of rotatable bonds is 2. The van der Waals surface area contributed by atoms with E-state index in [4.69, 9.17) is 0 Å². The summed E-state index contributed by atoms with van der Waals surface area (Å²) in [5, 5.41) is 7.93. The number of halogens is 1. The van der Waals surface area contributed by atoms with E-state index in [0.29, 0.717) is 0 Å². The smallest absolute Gasteiger partial charge is 0.0181 e. The molecule has 0 saturated heterocycles. The molecule has 6 aromatic carbocycles. The zero-order valence-corrected chi connectivity index (χ0v) is 17.3. The Morgan fingerprint density at radius 3 is 1.62 bits per heavy atom. The Kier molecular flexibility index (Phi) is 3.72. The van der Waals surface area contributed by atoms with Gasteiger partial charge in [0.05, 0.1) is 0 Å². The maximum absolute atomic E-state index is 3.62. The predicted octanol–water partition coefficient (Wildman–Crippen LogP) is 8.68. The van der Waals surface area contributed by atoms with Crippen LogP contribution in [0.2, 0.25) is 0 Å². The van der Waals surface area contributed by atoms with Crippen LogP contribution in [0.3, 0.4) is 0 Å². The van der Waals surface area contributed by atoms with E-state index >= 15 is 0 Å². The summed E-state index contributed by atoms with van der Waals surface area (Å²) in [5.41, 5.74) is 5.07. The molecule has 0 saturated carbocycles. The zero-order valence-electron chi connectivity index (χ0n) is 15.7. The highest BCUT2D eigenvalue weighted by molar-refractivity contribution is 9.10. The van der Waals surface area contributed by atoms with Crippen LogP contribution in [-0.2, 0) is 0 Å². The van der Waals surface area contributed by atoms with Gasteiger partial charge in [0.1, 0.15) is 0 Å². The van der Waals surface area contributed by atoms with Gasteiger partial charge in [0.15, 0.2) is 0 Å². The Morgan fingerprint density at radius 1 is 0.448 bits per heavy atom. The lowest BCUT2D eigenvalue weighted by atomic mass is 9.87. The van der Waals surface area contributed by atoms with E-state index in [1.54, 1.807) is 0 Å². The maximum atomic E-state index is 3.62. The van der Waals surface area contributed by atoms with Crippen LogP contribution in [0.4, 0.5) is 0 Å². The predicted molar refractivity (Wildman–Crippen MR) is 129 cm³/mol. The van der Waals surface area contributed by atoms with Gasteiger partial charge >= 0.3 is 0 Å². The first-order valence-corrected chi connectivity index (χ1v) is 10.6. The molecule has 0 heterocycles. The molecule has 6 rings (SSSR count). The van der Waals surface area contributed by atoms with E-state index in [9.17, 15) is 0 Å². The van der Waals surface area contributed by atoms with Crippen LogP contribution in [0, 0.1) is 0 Å². The molecule has 136 valence electrons. The zero-order chi connectivity index (χ0) is 19.4. The molecule has 0 N–H and O–H groups in total. The van der Waals surface area contributed by atoms with Crippen molar-refractivity contribution in [3.05, 3.63) is 108 Å². The van der Waals surface area contributed by atoms with Crippen LogP contribution in [0.1, 0.15) is 0 Å². The first-order chi connectivity index (χ1) is 14.3. The molecule has 1 heteroatoms. The molecular formula is C28H17Br. The van der Waals surface area contributed by atoms with Gasteiger partial charge in [0, 0.05) is 4.47 Å². The van der Waals surface area contributed by atoms with E-state index in [0.717, 1.165) is 4.47 Å². The lowest BCUT2D eigenvalue weighted by Crippen LogP contribution is -1.89. The molecule has 0 atom stereocenters. The van der Waals surface area contributed by atoms with E-state index in [1.807, 2.05) is 0 Å². The van der Waals surface area contributed by atoms with Crippen LogP contribution in [0.5, 0.6) is 0 Å². The highest BCUT2D eigenvalue weighted by Crippen LogP contribution is 2.42. The van der Waals surface area contributed by atoms with Crippen molar-refractivity contribution >= 4 is 48.2 Å². The molecule has 0 nitrogen and oxygen atoms in total. The topological polar surface area (TPSA) is 0 Å². The van der Waals surface area contributed by atoms with Crippen LogP contribution < -0.4 is 0 Å². The maximum Gasteiger partial charge on any atom is 0.0181 e. The Balaban J connectivity index is 1.75. The second kappa shape index (κ2) is 6.43. The van der Waals surface area contributed by atoms with Gasteiger partial charge in [-0.3, -0.25) is 0 Å². The van der Waals surface area contributed by atoms with Crippen molar-refractivity contribution in [2.75, 3.05) is 0 Å². The minimum Gasteiger partial charge on any atom is -0.0622 e. The first-order valence-electron chi connectivity index (χ1n) is 9.81. The summed E-state index contributed by atoms with van der Waals surface area (Å²) in [6.07, 6.45) is 0. The van der Waals surface area contributed by atoms with Crippen molar-refractivity contribution in [2.24, 2.45) is 0 Å². The van der Waals surface area contributed by atoms with Gasteiger partial charge in [-0.2, -0.15) is 0 Å². The lowest BCUT2D eigenvalue weighted by Gasteiger charge is -2.16. The molecule has 29 heavy (non-hydrogen) atoms. The molecule has 0 unspecified atom stereocenters. The molecule has 0 aliphatic heterocycles. The number of benzene rings is 6. The summed E-state index contributed by atoms with van der Waals surface area (Å²) < 4.78 is 1.10. The summed E-state index contributed by atoms with van der Waals surface area (Å²) in [5.74, 6) is 0. The van der Waals surface area contributed by atoms with Gasteiger partial charge in [0.25, 0.3) is 0 Å². The largest absolute Gasteiger partial charge is 0.0622 e. The molecule has 6 aromatic rings. The molecule has 0 amide bonds. The third-order valence-corrected chi connectivity index (χ3v) is 6.38. The lowest BCUT2D eigenvalue weighted by molar-refractivity contribution is 1.62. The van der Waals surface area contributed by atoms with Crippen LogP contribution >= 0.6 is 15.9 Å². The Morgan fingerprint density at radius 2 is 1.00 bits per heavy atom. The van der Waals surface area contributed by atoms with E-state index in [2.05, 4.69) is 119 Å². The summed E-state index contributed by atoms with van der Waals surface area (Å²) in [4.78, 5) is 0. The molecule has 0 radical (unpaired) electrons. The SMILES string of the molecule is Brc1cccc(-c2ccc3ccc4c(-c5ccccc5)ccc5ccc2c3c54)c1. The van der Waals surface area contributed by atoms with Crippen molar-refractivity contribution in [1.82, 2.24) is 0 Å². The van der Waals surface area contributed by atoms with Gasteiger partial charge in [-0.25, -0.2) is 0 Å². The van der Waals surface area contributed by atoms with E-state index < -0.39 is 0 Å². The minimum absolute atomic E-state index is 1.10. The van der Waals surface area contributed by atoms with Gasteiger partial charge in [-0.1, -0.05) is 107 Å². The number of hydrogen-bond acceptors (Lipinski definition) is 0. The molecule has 0 aliphatic carbocycles. The van der Waals surface area contributed by atoms with Gasteiger partial charge in [-0.05, 0) is 66.7 Å². The average molecular weight is 433 g/mol. The molecule has 0 bridgehead atoms. The Labute approximate surface area is 177 Å². The number of hydrogen-bond donors (Lipinski definition) is 0. The molecule has 0 aliphatic rings. The monoisotopic (exact) mass is 432 g/mol.